The van der Waals surface area contributed by atoms with E-state index in [1.54, 1.807) is 6.07 Å². The zero-order valence-electron chi connectivity index (χ0n) is 10.3. The Morgan fingerprint density at radius 3 is 2.56 bits per heavy atom. The van der Waals surface area contributed by atoms with Crippen molar-refractivity contribution in [2.45, 2.75) is 32.1 Å². The molecule has 0 heterocycles. The molecule has 0 atom stereocenters. The van der Waals surface area contributed by atoms with Gasteiger partial charge in [-0.2, -0.15) is 11.8 Å². The van der Waals surface area contributed by atoms with E-state index >= 15 is 0 Å². The van der Waals surface area contributed by atoms with Crippen molar-refractivity contribution in [3.63, 3.8) is 0 Å². The number of aromatic hydroxyl groups is 1. The highest BCUT2D eigenvalue weighted by molar-refractivity contribution is 8.00. The summed E-state index contributed by atoms with van der Waals surface area (Å²) in [4.78, 5) is 0. The summed E-state index contributed by atoms with van der Waals surface area (Å²) in [5.74, 6) is 1.47. The lowest BCUT2D eigenvalue weighted by atomic mass is 10.2. The highest BCUT2D eigenvalue weighted by Crippen LogP contribution is 2.22. The van der Waals surface area contributed by atoms with Crippen LogP contribution in [0.15, 0.2) is 24.3 Å². The van der Waals surface area contributed by atoms with Crippen LogP contribution in [0, 0.1) is 0 Å². The Kier molecular flexibility index (Phi) is 5.16. The minimum atomic E-state index is 0.330. The molecule has 0 aromatic heterocycles. The minimum absolute atomic E-state index is 0.330. The predicted octanol–water partition coefficient (Wildman–Crippen LogP) is 3.01. The van der Waals surface area contributed by atoms with Crippen LogP contribution in [0.1, 0.15) is 26.3 Å². The van der Waals surface area contributed by atoms with E-state index in [1.165, 1.54) is 0 Å². The third kappa shape index (κ3) is 5.42. The monoisotopic (exact) mass is 239 g/mol. The maximum Gasteiger partial charge on any atom is 0.120 e. The number of rotatable bonds is 5. The second-order valence-corrected chi connectivity index (χ2v) is 6.69. The van der Waals surface area contributed by atoms with E-state index in [0.717, 1.165) is 24.4 Å². The molecule has 0 fully saturated rings. The van der Waals surface area contributed by atoms with Crippen LogP contribution in [0.4, 0.5) is 0 Å². The van der Waals surface area contributed by atoms with Gasteiger partial charge in [-0.05, 0) is 6.07 Å². The topological polar surface area (TPSA) is 32.3 Å². The van der Waals surface area contributed by atoms with Crippen molar-refractivity contribution >= 4 is 11.8 Å². The summed E-state index contributed by atoms with van der Waals surface area (Å²) in [7, 11) is 0. The van der Waals surface area contributed by atoms with Gasteiger partial charge in [0.25, 0.3) is 0 Å². The standard InChI is InChI=1S/C13H21NOS/c1-13(2,3)16-9-8-14-10-11-6-4-5-7-12(11)15/h4-7,14-15H,8-10H2,1-3H3. The Bertz CT molecular complexity index is 320. The van der Waals surface area contributed by atoms with Crippen molar-refractivity contribution in [3.8, 4) is 5.75 Å². The second-order valence-electron chi connectivity index (χ2n) is 4.77. The number of benzene rings is 1. The van der Waals surface area contributed by atoms with E-state index in [1.807, 2.05) is 30.0 Å². The highest BCUT2D eigenvalue weighted by Gasteiger charge is 2.09. The molecule has 0 bridgehead atoms. The predicted molar refractivity (Wildman–Crippen MR) is 72.0 cm³/mol. The van der Waals surface area contributed by atoms with Gasteiger partial charge < -0.3 is 10.4 Å². The molecule has 0 radical (unpaired) electrons. The van der Waals surface area contributed by atoms with E-state index < -0.39 is 0 Å². The minimum Gasteiger partial charge on any atom is -0.508 e. The maximum absolute atomic E-state index is 9.55. The fraction of sp³-hybridized carbons (Fsp3) is 0.538. The lowest BCUT2D eigenvalue weighted by Crippen LogP contribution is -2.19. The summed E-state index contributed by atoms with van der Waals surface area (Å²) in [6, 6.07) is 7.45. The Labute approximate surface area is 102 Å². The molecular weight excluding hydrogens is 218 g/mol. The third-order valence-electron chi connectivity index (χ3n) is 2.12. The first-order valence-electron chi connectivity index (χ1n) is 5.60. The first-order valence-corrected chi connectivity index (χ1v) is 6.59. The second kappa shape index (κ2) is 6.16. The average Bonchev–Trinajstić information content (AvgIpc) is 2.18. The quantitative estimate of drug-likeness (QED) is 0.775. The molecule has 2 nitrogen and oxygen atoms in total. The van der Waals surface area contributed by atoms with Gasteiger partial charge in [-0.1, -0.05) is 39.0 Å². The van der Waals surface area contributed by atoms with Crippen LogP contribution < -0.4 is 5.32 Å². The lowest BCUT2D eigenvalue weighted by molar-refractivity contribution is 0.465. The maximum atomic E-state index is 9.55. The van der Waals surface area contributed by atoms with Gasteiger partial charge >= 0.3 is 0 Å². The van der Waals surface area contributed by atoms with Gasteiger partial charge in [0, 0.05) is 29.2 Å². The molecule has 2 N–H and O–H groups in total. The van der Waals surface area contributed by atoms with Gasteiger partial charge in [0.15, 0.2) is 0 Å². The zero-order chi connectivity index (χ0) is 12.0. The van der Waals surface area contributed by atoms with Crippen molar-refractivity contribution in [1.82, 2.24) is 5.32 Å². The number of phenols is 1. The Morgan fingerprint density at radius 1 is 1.25 bits per heavy atom. The first-order chi connectivity index (χ1) is 7.49. The van der Waals surface area contributed by atoms with Crippen molar-refractivity contribution < 1.29 is 5.11 Å². The van der Waals surface area contributed by atoms with Crippen LogP contribution >= 0.6 is 11.8 Å². The Morgan fingerprint density at radius 2 is 1.94 bits per heavy atom. The molecule has 0 saturated heterocycles. The molecule has 1 rings (SSSR count). The molecule has 0 spiro atoms. The molecule has 0 saturated carbocycles. The molecule has 1 aromatic carbocycles. The fourth-order valence-electron chi connectivity index (χ4n) is 1.31. The smallest absolute Gasteiger partial charge is 0.120 e. The van der Waals surface area contributed by atoms with Gasteiger partial charge in [0.2, 0.25) is 0 Å². The third-order valence-corrected chi connectivity index (χ3v) is 3.40. The van der Waals surface area contributed by atoms with Gasteiger partial charge in [-0.25, -0.2) is 0 Å². The molecule has 3 heteroatoms. The molecule has 0 aliphatic heterocycles. The highest BCUT2D eigenvalue weighted by atomic mass is 32.2. The van der Waals surface area contributed by atoms with E-state index in [4.69, 9.17) is 0 Å². The SMILES string of the molecule is CC(C)(C)SCCNCc1ccccc1O. The summed E-state index contributed by atoms with van der Waals surface area (Å²) in [5.41, 5.74) is 0.961. The van der Waals surface area contributed by atoms with Gasteiger partial charge in [-0.15, -0.1) is 0 Å². The van der Waals surface area contributed by atoms with Crippen molar-refractivity contribution in [1.29, 1.82) is 0 Å². The van der Waals surface area contributed by atoms with E-state index in [9.17, 15) is 5.11 Å². The van der Waals surface area contributed by atoms with E-state index in [2.05, 4.69) is 26.1 Å². The van der Waals surface area contributed by atoms with Gasteiger partial charge in [0.1, 0.15) is 5.75 Å². The average molecular weight is 239 g/mol. The van der Waals surface area contributed by atoms with Crippen LogP contribution in [-0.4, -0.2) is 22.2 Å². The first kappa shape index (κ1) is 13.4. The van der Waals surface area contributed by atoms with E-state index in [0.29, 0.717) is 10.5 Å². The summed E-state index contributed by atoms with van der Waals surface area (Å²) < 4.78 is 0.330. The lowest BCUT2D eigenvalue weighted by Gasteiger charge is -2.17. The number of nitrogens with one attached hydrogen (secondary N) is 1. The summed E-state index contributed by atoms with van der Waals surface area (Å²) in [6.45, 7) is 8.37. The molecule has 0 aliphatic carbocycles. The number of hydrogen-bond acceptors (Lipinski definition) is 3. The van der Waals surface area contributed by atoms with E-state index in [-0.39, 0.29) is 0 Å². The van der Waals surface area contributed by atoms with Crippen LogP contribution in [0.25, 0.3) is 0 Å². The number of phenolic OH excluding ortho intramolecular Hbond substituents is 1. The molecule has 0 unspecified atom stereocenters. The number of thioether (sulfide) groups is 1. The van der Waals surface area contributed by atoms with Crippen LogP contribution in [0.2, 0.25) is 0 Å². The largest absolute Gasteiger partial charge is 0.508 e. The molecule has 16 heavy (non-hydrogen) atoms. The normalized spacial score (nSPS) is 11.7. The molecule has 0 amide bonds. The van der Waals surface area contributed by atoms with Crippen LogP contribution in [0.3, 0.4) is 0 Å². The number of para-hydroxylation sites is 1. The fourth-order valence-corrected chi connectivity index (χ4v) is 2.17. The van der Waals surface area contributed by atoms with Crippen molar-refractivity contribution in [2.75, 3.05) is 12.3 Å². The zero-order valence-corrected chi connectivity index (χ0v) is 11.1. The van der Waals surface area contributed by atoms with Crippen LogP contribution in [-0.2, 0) is 6.54 Å². The summed E-state index contributed by atoms with van der Waals surface area (Å²) in [5, 5.41) is 12.9. The Hall–Kier alpha value is -0.670. The molecule has 90 valence electrons. The van der Waals surface area contributed by atoms with Crippen LogP contribution in [0.5, 0.6) is 5.75 Å². The summed E-state index contributed by atoms with van der Waals surface area (Å²) in [6.07, 6.45) is 0. The van der Waals surface area contributed by atoms with Crippen molar-refractivity contribution in [2.24, 2.45) is 0 Å². The van der Waals surface area contributed by atoms with Gasteiger partial charge in [-0.3, -0.25) is 0 Å². The molecule has 0 aliphatic rings. The molecule has 1 aromatic rings. The summed E-state index contributed by atoms with van der Waals surface area (Å²) >= 11 is 1.95. The Balaban J connectivity index is 2.19. The molecular formula is C13H21NOS. The van der Waals surface area contributed by atoms with Gasteiger partial charge in [0.05, 0.1) is 0 Å². The number of hydrogen-bond donors (Lipinski definition) is 2. The van der Waals surface area contributed by atoms with Crippen molar-refractivity contribution in [3.05, 3.63) is 29.8 Å².